The Morgan fingerprint density at radius 2 is 1.47 bits per heavy atom. The number of para-hydroxylation sites is 1. The highest BCUT2D eigenvalue weighted by molar-refractivity contribution is 9.10. The number of carbonyl (C=O) groups excluding carboxylic acids is 3. The molecule has 0 saturated heterocycles. The smallest absolute Gasteiger partial charge is 0.410 e. The van der Waals surface area contributed by atoms with Gasteiger partial charge in [-0.05, 0) is 157 Å². The van der Waals surface area contributed by atoms with E-state index in [9.17, 15) is 23.2 Å². The molecule has 10 rings (SSSR count). The Bertz CT molecular complexity index is 3130. The number of nitrogen functional groups attached to an aromatic ring is 1. The van der Waals surface area contributed by atoms with Gasteiger partial charge in [0.05, 0.1) is 35.8 Å². The Balaban J connectivity index is 0.000000160. The molecule has 1 fully saturated rings. The number of fused-ring (bicyclic) bond motifs is 5. The highest BCUT2D eigenvalue weighted by atomic mass is 79.9. The van der Waals surface area contributed by atoms with Gasteiger partial charge in [0, 0.05) is 65.2 Å². The van der Waals surface area contributed by atoms with E-state index < -0.39 is 17.6 Å². The molecule has 3 aliphatic heterocycles. The fourth-order valence-corrected chi connectivity index (χ4v) is 10.9. The van der Waals surface area contributed by atoms with E-state index in [4.69, 9.17) is 10.5 Å². The highest BCUT2D eigenvalue weighted by Gasteiger charge is 2.65. The van der Waals surface area contributed by atoms with Crippen LogP contribution in [0.15, 0.2) is 65.5 Å². The molecule has 0 bridgehead atoms. The highest BCUT2D eigenvalue weighted by Crippen LogP contribution is 2.62. The van der Waals surface area contributed by atoms with Gasteiger partial charge in [0.1, 0.15) is 21.5 Å². The number of nitrogens with two attached hydrogens (primary N) is 1. The van der Waals surface area contributed by atoms with Crippen molar-refractivity contribution in [1.82, 2.24) is 39.0 Å². The van der Waals surface area contributed by atoms with Gasteiger partial charge in [-0.1, -0.05) is 78.8 Å². The van der Waals surface area contributed by atoms with E-state index in [2.05, 4.69) is 166 Å². The van der Waals surface area contributed by atoms with Gasteiger partial charge in [-0.25, -0.2) is 9.78 Å². The molecule has 4 N–H and O–H groups in total. The van der Waals surface area contributed by atoms with Crippen LogP contribution in [0.25, 0.3) is 11.0 Å². The lowest BCUT2D eigenvalue weighted by atomic mass is 9.88. The summed E-state index contributed by atoms with van der Waals surface area (Å²) in [7, 11) is 0. The second-order valence-electron chi connectivity index (χ2n) is 24.7. The SMILES string of the molecule is CC(C)C1CC12C(=O)Nc1ccccc12.CC(C)n1ccc2cnc(N)nc21.CC(C)n1nc(C(C)(C)C)cc1Br.CC(C)n1nc(C(C)(F)F)c2c1CN(C(=O)OC(C)(C)C)C2.Cc1ccc2c(c1C)NC(=O)C2C(C)C. The number of aromatic nitrogens is 7. The molecule has 78 heavy (non-hydrogen) atoms. The molecule has 6 aromatic rings. The number of ether oxygens (including phenoxy) is 1. The molecule has 4 aromatic heterocycles. The molecule has 18 heteroatoms. The minimum Gasteiger partial charge on any atom is -0.444 e. The first kappa shape index (κ1) is 61.0. The zero-order valence-corrected chi connectivity index (χ0v) is 50.9. The molecule has 3 amide bonds. The van der Waals surface area contributed by atoms with Crippen LogP contribution in [-0.4, -0.2) is 62.5 Å². The van der Waals surface area contributed by atoms with Gasteiger partial charge in [0.2, 0.25) is 17.8 Å². The summed E-state index contributed by atoms with van der Waals surface area (Å²) < 4.78 is 39.6. The van der Waals surface area contributed by atoms with Gasteiger partial charge in [0.25, 0.3) is 5.92 Å². The standard InChI is InChI=1S/C15H23F2N3O2.C13H15NO.C13H17NO.C10H17BrN2.C9H12N4/c1-9(2)20-11-8-19(13(21)22-14(3,4)5)7-10(11)12(18-20)15(6,16)17;1-8(2)10-7-13(10)9-5-3-4-6-11(9)14-12(13)15;1-7(2)11-10-6-5-8(3)9(4)12(10)14-13(11)15;1-7(2)13-9(11)6-8(12-13)10(3,4)5;1-6(2)13-4-3-7-5-11-9(10)12-8(7)13/h9H,7-8H2,1-6H3;3-6,8,10H,7H2,1-2H3,(H,14,15);5-7,11H,1-4H3,(H,14,15);6-7H,1-5H3;3-6H,1-2H3,(H2,10,11,12). The van der Waals surface area contributed by atoms with Crippen LogP contribution in [0.2, 0.25) is 0 Å². The van der Waals surface area contributed by atoms with E-state index in [1.807, 2.05) is 49.0 Å². The largest absolute Gasteiger partial charge is 0.444 e. The van der Waals surface area contributed by atoms with E-state index in [1.165, 1.54) is 21.6 Å². The molecule has 1 saturated carbocycles. The van der Waals surface area contributed by atoms with Crippen LogP contribution in [0.1, 0.15) is 193 Å². The first-order valence-electron chi connectivity index (χ1n) is 27.2. The Labute approximate surface area is 469 Å². The maximum atomic E-state index is 13.8. The van der Waals surface area contributed by atoms with Crippen molar-refractivity contribution in [3.8, 4) is 0 Å². The summed E-state index contributed by atoms with van der Waals surface area (Å²) >= 11 is 3.51. The third-order valence-electron chi connectivity index (χ3n) is 14.5. The summed E-state index contributed by atoms with van der Waals surface area (Å²) in [5, 5.41) is 15.6. The van der Waals surface area contributed by atoms with Gasteiger partial charge in [-0.3, -0.25) is 23.9 Å². The molecular weight excluding hydrogens is 1060 g/mol. The summed E-state index contributed by atoms with van der Waals surface area (Å²) in [5.74, 6) is -0.853. The van der Waals surface area contributed by atoms with E-state index in [0.717, 1.165) is 51.6 Å². The lowest BCUT2D eigenvalue weighted by Crippen LogP contribution is -2.34. The second-order valence-corrected chi connectivity index (χ2v) is 25.5. The average Bonchev–Trinajstić information content (AvgIpc) is 4.10. The van der Waals surface area contributed by atoms with Gasteiger partial charge >= 0.3 is 6.09 Å². The summed E-state index contributed by atoms with van der Waals surface area (Å²) in [4.78, 5) is 45.6. The zero-order chi connectivity index (χ0) is 58.3. The second kappa shape index (κ2) is 23.3. The normalized spacial score (nSPS) is 18.2. The number of carbonyl (C=O) groups is 3. The third-order valence-corrected chi connectivity index (χ3v) is 15.1. The van der Waals surface area contributed by atoms with E-state index >= 15 is 0 Å². The number of alkyl halides is 2. The summed E-state index contributed by atoms with van der Waals surface area (Å²) in [6.45, 7) is 38.0. The van der Waals surface area contributed by atoms with Crippen molar-refractivity contribution in [3.63, 3.8) is 0 Å². The van der Waals surface area contributed by atoms with Crippen molar-refractivity contribution in [3.05, 3.63) is 110 Å². The third kappa shape index (κ3) is 13.3. The van der Waals surface area contributed by atoms with Crippen LogP contribution >= 0.6 is 15.9 Å². The molecule has 15 nitrogen and oxygen atoms in total. The summed E-state index contributed by atoms with van der Waals surface area (Å²) in [6, 6.07) is 17.1. The van der Waals surface area contributed by atoms with Crippen LogP contribution in [0.3, 0.4) is 0 Å². The molecule has 1 spiro atoms. The van der Waals surface area contributed by atoms with Gasteiger partial charge in [0.15, 0.2) is 0 Å². The monoisotopic (exact) mass is 1140 g/mol. The van der Waals surface area contributed by atoms with Gasteiger partial charge in [-0.15, -0.1) is 0 Å². The number of anilines is 3. The Kier molecular flexibility index (Phi) is 18.2. The minimum atomic E-state index is -3.03. The molecule has 3 unspecified atom stereocenters. The van der Waals surface area contributed by atoms with Crippen molar-refractivity contribution < 1.29 is 27.9 Å². The van der Waals surface area contributed by atoms with Crippen LogP contribution in [0.5, 0.6) is 0 Å². The fourth-order valence-electron chi connectivity index (χ4n) is 10.2. The predicted molar refractivity (Wildman–Crippen MR) is 311 cm³/mol. The van der Waals surface area contributed by atoms with Crippen LogP contribution in [-0.2, 0) is 44.2 Å². The molecule has 4 aliphatic rings. The van der Waals surface area contributed by atoms with Crippen molar-refractivity contribution in [2.45, 2.75) is 197 Å². The minimum absolute atomic E-state index is 0.0271. The van der Waals surface area contributed by atoms with Gasteiger partial charge in [-0.2, -0.15) is 24.0 Å². The maximum absolute atomic E-state index is 13.8. The lowest BCUT2D eigenvalue weighted by molar-refractivity contribution is -0.119. The summed E-state index contributed by atoms with van der Waals surface area (Å²) in [5.41, 5.74) is 14.6. The first-order valence-corrected chi connectivity index (χ1v) is 28.0. The van der Waals surface area contributed by atoms with E-state index in [0.29, 0.717) is 47.0 Å². The van der Waals surface area contributed by atoms with Crippen molar-refractivity contribution >= 4 is 62.2 Å². The average molecular weight is 1140 g/mol. The molecular formula is C60H84BrF2N11O4. The topological polar surface area (TPSA) is 180 Å². The van der Waals surface area contributed by atoms with Crippen LogP contribution in [0.4, 0.5) is 30.9 Å². The number of hydrogen-bond acceptors (Lipinski definition) is 9. The van der Waals surface area contributed by atoms with Crippen molar-refractivity contribution in [2.24, 2.45) is 17.8 Å². The molecule has 7 heterocycles. The zero-order valence-electron chi connectivity index (χ0n) is 49.4. The van der Waals surface area contributed by atoms with E-state index in [1.54, 1.807) is 31.6 Å². The van der Waals surface area contributed by atoms with Crippen LogP contribution < -0.4 is 16.4 Å². The molecule has 1 aliphatic carbocycles. The molecule has 424 valence electrons. The first-order chi connectivity index (χ1) is 36.1. The number of benzene rings is 2. The number of halogens is 3. The van der Waals surface area contributed by atoms with Crippen LogP contribution in [0, 0.1) is 31.6 Å². The van der Waals surface area contributed by atoms with Crippen molar-refractivity contribution in [2.75, 3.05) is 16.4 Å². The number of nitrogens with one attached hydrogen (secondary N) is 2. The lowest BCUT2D eigenvalue weighted by Gasteiger charge is -2.24. The fraction of sp³-hybridized carbons (Fsp3) is 0.550. The Morgan fingerprint density at radius 3 is 2.00 bits per heavy atom. The number of rotatable bonds is 6. The Morgan fingerprint density at radius 1 is 0.833 bits per heavy atom. The van der Waals surface area contributed by atoms with Gasteiger partial charge < -0.3 is 25.7 Å². The Hall–Kier alpha value is -6.17. The molecule has 2 aromatic carbocycles. The van der Waals surface area contributed by atoms with E-state index in [-0.39, 0.29) is 53.4 Å². The predicted octanol–water partition coefficient (Wildman–Crippen LogP) is 14.5. The number of aryl methyl sites for hydroxylation is 1. The summed E-state index contributed by atoms with van der Waals surface area (Å²) in [6.07, 6.45) is 4.28. The number of hydrogen-bond donors (Lipinski definition) is 3. The number of nitrogens with zero attached hydrogens (tertiary/aromatic N) is 8. The molecule has 3 atom stereocenters. The van der Waals surface area contributed by atoms with Crippen molar-refractivity contribution in [1.29, 1.82) is 0 Å². The maximum Gasteiger partial charge on any atom is 0.410 e. The quantitative estimate of drug-likeness (QED) is 0.146. The molecule has 0 radical (unpaired) electrons. The number of amides is 3.